The first-order chi connectivity index (χ1) is 13.6. The van der Waals surface area contributed by atoms with Crippen LogP contribution in [0.3, 0.4) is 0 Å². The van der Waals surface area contributed by atoms with Gasteiger partial charge in [-0.25, -0.2) is 8.78 Å². The molecule has 3 nitrogen and oxygen atoms in total. The number of pyridine rings is 1. The van der Waals surface area contributed by atoms with E-state index in [0.29, 0.717) is 16.6 Å². The zero-order chi connectivity index (χ0) is 19.7. The molecular weight excluding hydrogens is 360 g/mol. The van der Waals surface area contributed by atoms with Crippen LogP contribution < -0.4 is 10.3 Å². The number of hydrogen-bond acceptors (Lipinski definition) is 2. The number of benzene rings is 3. The lowest BCUT2D eigenvalue weighted by Gasteiger charge is -2.17. The number of hydrogen-bond donors (Lipinski definition) is 0. The molecule has 0 aliphatic carbocycles. The molecule has 0 saturated carbocycles. The maximum atomic E-state index is 13.6. The van der Waals surface area contributed by atoms with Crippen molar-refractivity contribution < 1.29 is 13.5 Å². The molecule has 0 unspecified atom stereocenters. The Bertz CT molecular complexity index is 1220. The average Bonchev–Trinajstić information content (AvgIpc) is 2.73. The molecule has 0 atom stereocenters. The molecule has 1 aromatic heterocycles. The van der Waals surface area contributed by atoms with Crippen molar-refractivity contribution in [2.24, 2.45) is 0 Å². The highest BCUT2D eigenvalue weighted by Crippen LogP contribution is 2.34. The van der Waals surface area contributed by atoms with Gasteiger partial charge < -0.3 is 9.30 Å². The first-order valence-electron chi connectivity index (χ1n) is 8.79. The Morgan fingerprint density at radius 3 is 2.32 bits per heavy atom. The van der Waals surface area contributed by atoms with E-state index in [0.717, 1.165) is 23.1 Å². The molecule has 0 N–H and O–H groups in total. The zero-order valence-electron chi connectivity index (χ0n) is 15.2. The molecular formula is C23H17F2NO2. The number of aromatic nitrogens is 1. The zero-order valence-corrected chi connectivity index (χ0v) is 15.2. The smallest absolute Gasteiger partial charge is 0.294 e. The minimum Gasteiger partial charge on any atom is -0.491 e. The molecule has 28 heavy (non-hydrogen) atoms. The molecule has 0 radical (unpaired) electrons. The Morgan fingerprint density at radius 2 is 1.61 bits per heavy atom. The molecule has 4 rings (SSSR count). The van der Waals surface area contributed by atoms with Crippen molar-refractivity contribution in [1.82, 2.24) is 4.57 Å². The number of nitrogens with zero attached hydrogens (tertiary/aromatic N) is 1. The summed E-state index contributed by atoms with van der Waals surface area (Å²) < 4.78 is 33.9. The van der Waals surface area contributed by atoms with Crippen LogP contribution >= 0.6 is 0 Å². The van der Waals surface area contributed by atoms with E-state index in [1.807, 2.05) is 54.6 Å². The molecule has 0 fully saturated rings. The van der Waals surface area contributed by atoms with Gasteiger partial charge >= 0.3 is 0 Å². The Balaban J connectivity index is 1.99. The van der Waals surface area contributed by atoms with Gasteiger partial charge in [-0.2, -0.15) is 0 Å². The molecule has 0 aliphatic rings. The third-order valence-corrected chi connectivity index (χ3v) is 4.72. The third kappa shape index (κ3) is 3.05. The predicted molar refractivity (Wildman–Crippen MR) is 106 cm³/mol. The first-order valence-corrected chi connectivity index (χ1v) is 8.79. The number of rotatable bonds is 4. The summed E-state index contributed by atoms with van der Waals surface area (Å²) in [5.41, 5.74) is 2.43. The monoisotopic (exact) mass is 377 g/mol. The van der Waals surface area contributed by atoms with Gasteiger partial charge in [-0.1, -0.05) is 54.6 Å². The van der Waals surface area contributed by atoms with Crippen molar-refractivity contribution in [2.45, 2.75) is 6.54 Å². The molecule has 0 amide bonds. The lowest BCUT2D eigenvalue weighted by atomic mass is 9.99. The van der Waals surface area contributed by atoms with Crippen molar-refractivity contribution in [2.75, 3.05) is 7.11 Å². The molecule has 140 valence electrons. The molecule has 0 aliphatic heterocycles. The maximum Gasteiger partial charge on any atom is 0.294 e. The van der Waals surface area contributed by atoms with Gasteiger partial charge in [0.05, 0.1) is 19.2 Å². The third-order valence-electron chi connectivity index (χ3n) is 4.72. The van der Waals surface area contributed by atoms with E-state index in [-0.39, 0.29) is 17.9 Å². The van der Waals surface area contributed by atoms with Crippen LogP contribution in [0.25, 0.3) is 22.0 Å². The lowest BCUT2D eigenvalue weighted by Crippen LogP contribution is -2.23. The van der Waals surface area contributed by atoms with Gasteiger partial charge in [0.1, 0.15) is 0 Å². The summed E-state index contributed by atoms with van der Waals surface area (Å²) in [7, 11) is 1.46. The molecule has 0 bridgehead atoms. The van der Waals surface area contributed by atoms with Crippen molar-refractivity contribution in [3.05, 3.63) is 100 Å². The molecule has 4 aromatic rings. The van der Waals surface area contributed by atoms with E-state index in [1.54, 1.807) is 0 Å². The second-order valence-electron chi connectivity index (χ2n) is 6.43. The van der Waals surface area contributed by atoms with Crippen LogP contribution in [0.1, 0.15) is 5.56 Å². The normalized spacial score (nSPS) is 11.0. The van der Waals surface area contributed by atoms with E-state index < -0.39 is 11.6 Å². The minimum atomic E-state index is -0.942. The maximum absolute atomic E-state index is 13.6. The fourth-order valence-electron chi connectivity index (χ4n) is 3.44. The summed E-state index contributed by atoms with van der Waals surface area (Å²) in [6.07, 6.45) is 0. The van der Waals surface area contributed by atoms with Gasteiger partial charge in [-0.05, 0) is 29.3 Å². The van der Waals surface area contributed by atoms with Crippen LogP contribution in [0.15, 0.2) is 77.6 Å². The highest BCUT2D eigenvalue weighted by atomic mass is 19.2. The predicted octanol–water partition coefficient (Wildman–Crippen LogP) is 5.00. The summed E-state index contributed by atoms with van der Waals surface area (Å²) in [5.74, 6) is -1.65. The first kappa shape index (κ1) is 17.9. The molecule has 1 heterocycles. The number of halogens is 2. The van der Waals surface area contributed by atoms with Gasteiger partial charge in [-0.15, -0.1) is 0 Å². The Morgan fingerprint density at radius 1 is 0.893 bits per heavy atom. The van der Waals surface area contributed by atoms with Crippen LogP contribution in [-0.2, 0) is 6.54 Å². The van der Waals surface area contributed by atoms with Crippen molar-refractivity contribution in [3.63, 3.8) is 0 Å². The Labute approximate surface area is 160 Å². The van der Waals surface area contributed by atoms with Crippen molar-refractivity contribution in [3.8, 4) is 16.9 Å². The van der Waals surface area contributed by atoms with Crippen LogP contribution in [-0.4, -0.2) is 11.7 Å². The molecule has 0 spiro atoms. The van der Waals surface area contributed by atoms with Crippen molar-refractivity contribution >= 4 is 10.9 Å². The summed E-state index contributed by atoms with van der Waals surface area (Å²) in [4.78, 5) is 13.2. The van der Waals surface area contributed by atoms with Crippen LogP contribution in [0, 0.1) is 11.6 Å². The van der Waals surface area contributed by atoms with Crippen molar-refractivity contribution in [1.29, 1.82) is 0 Å². The quantitative estimate of drug-likeness (QED) is 0.501. The van der Waals surface area contributed by atoms with Crippen LogP contribution in [0.2, 0.25) is 0 Å². The largest absolute Gasteiger partial charge is 0.491 e. The summed E-state index contributed by atoms with van der Waals surface area (Å²) >= 11 is 0. The highest BCUT2D eigenvalue weighted by Gasteiger charge is 2.19. The average molecular weight is 377 g/mol. The van der Waals surface area contributed by atoms with E-state index in [9.17, 15) is 13.6 Å². The fraction of sp³-hybridized carbons (Fsp3) is 0.0870. The lowest BCUT2D eigenvalue weighted by molar-refractivity contribution is 0.407. The summed E-state index contributed by atoms with van der Waals surface area (Å²) in [6.45, 7) is 0.0992. The van der Waals surface area contributed by atoms with Crippen LogP contribution in [0.4, 0.5) is 8.78 Å². The van der Waals surface area contributed by atoms with E-state index in [1.165, 1.54) is 17.7 Å². The number of ether oxygens (including phenoxy) is 1. The van der Waals surface area contributed by atoms with E-state index in [4.69, 9.17) is 4.74 Å². The van der Waals surface area contributed by atoms with E-state index in [2.05, 4.69) is 0 Å². The standard InChI is InChI=1S/C23H17F2NO2/c1-28-22-21(16-7-3-2-4-8-16)17-9-5-6-10-20(17)26(23(22)27)14-15-11-12-18(24)19(25)13-15/h2-13H,14H2,1H3. The number of para-hydroxylation sites is 1. The Kier molecular flexibility index (Phi) is 4.65. The van der Waals surface area contributed by atoms with Gasteiger partial charge in [0, 0.05) is 10.9 Å². The van der Waals surface area contributed by atoms with Gasteiger partial charge in [0.2, 0.25) is 0 Å². The van der Waals surface area contributed by atoms with E-state index >= 15 is 0 Å². The summed E-state index contributed by atoms with van der Waals surface area (Å²) in [6, 6.07) is 20.7. The Hall–Kier alpha value is -3.47. The molecule has 0 saturated heterocycles. The van der Waals surface area contributed by atoms with Gasteiger partial charge in [-0.3, -0.25) is 4.79 Å². The fourth-order valence-corrected chi connectivity index (χ4v) is 3.44. The summed E-state index contributed by atoms with van der Waals surface area (Å²) in [5, 5.41) is 0.840. The SMILES string of the molecule is COc1c(-c2ccccc2)c2ccccc2n(Cc2ccc(F)c(F)c2)c1=O. The topological polar surface area (TPSA) is 31.2 Å². The minimum absolute atomic E-state index is 0.0992. The number of methoxy groups -OCH3 is 1. The molecule has 3 aromatic carbocycles. The second-order valence-corrected chi connectivity index (χ2v) is 6.43. The molecule has 5 heteroatoms. The highest BCUT2D eigenvalue weighted by molar-refractivity contribution is 5.97. The number of fused-ring (bicyclic) bond motifs is 1. The second kappa shape index (κ2) is 7.27. The van der Waals surface area contributed by atoms with Gasteiger partial charge in [0.15, 0.2) is 17.4 Å². The van der Waals surface area contributed by atoms with Gasteiger partial charge in [0.25, 0.3) is 5.56 Å². The van der Waals surface area contributed by atoms with Crippen LogP contribution in [0.5, 0.6) is 5.75 Å².